The Kier molecular flexibility index (Phi) is 4.97. The van der Waals surface area contributed by atoms with Gasteiger partial charge in [0.15, 0.2) is 0 Å². The summed E-state index contributed by atoms with van der Waals surface area (Å²) >= 11 is 2.51. The van der Waals surface area contributed by atoms with Gasteiger partial charge < -0.3 is 5.32 Å². The van der Waals surface area contributed by atoms with E-state index in [0.717, 1.165) is 12.5 Å². The van der Waals surface area contributed by atoms with E-state index in [1.165, 1.54) is 23.7 Å². The molecule has 0 saturated carbocycles. The molecule has 1 rings (SSSR count). The third-order valence-electron chi connectivity index (χ3n) is 3.63. The van der Waals surface area contributed by atoms with Gasteiger partial charge in [-0.05, 0) is 29.6 Å². The van der Waals surface area contributed by atoms with Gasteiger partial charge in [0, 0.05) is 4.43 Å². The quantitative estimate of drug-likeness (QED) is 0.465. The Labute approximate surface area is 110 Å². The zero-order valence-electron chi connectivity index (χ0n) is 10.6. The van der Waals surface area contributed by atoms with E-state index in [1.54, 1.807) is 0 Å². The second-order valence-corrected chi connectivity index (χ2v) is 6.49. The number of hydrogen-bond donors (Lipinski definition) is 1. The number of hydrogen-bond acceptors (Lipinski definition) is 1. The van der Waals surface area contributed by atoms with E-state index < -0.39 is 0 Å². The lowest BCUT2D eigenvalue weighted by Crippen LogP contribution is -2.45. The molecule has 0 aromatic heterocycles. The fraction of sp³-hybridized carbons (Fsp3) is 1.00. The van der Waals surface area contributed by atoms with E-state index in [1.807, 2.05) is 0 Å². The molecule has 1 fully saturated rings. The number of rotatable bonds is 5. The third kappa shape index (κ3) is 3.62. The Hall–Kier alpha value is 0.755. The van der Waals surface area contributed by atoms with Crippen LogP contribution in [-0.4, -0.2) is 23.7 Å². The maximum Gasteiger partial charge on any atom is 0.147 e. The number of nitrogens with one attached hydrogen (secondary N) is 1. The Bertz CT molecular complexity index is 204. The number of alkyl halides is 1. The van der Waals surface area contributed by atoms with Crippen molar-refractivity contribution >= 4 is 29.9 Å². The zero-order chi connectivity index (χ0) is 11.5. The molecule has 1 aliphatic heterocycles. The molecule has 0 aromatic carbocycles. The molecule has 1 nitrogen and oxygen atoms in total. The molecule has 0 bridgehead atoms. The highest BCUT2D eigenvalue weighted by molar-refractivity contribution is 14.1. The average molecular weight is 320 g/mol. The third-order valence-corrected chi connectivity index (χ3v) is 4.99. The van der Waals surface area contributed by atoms with E-state index in [2.05, 4.69) is 62.9 Å². The Morgan fingerprint density at radius 1 is 1.47 bits per heavy atom. The van der Waals surface area contributed by atoms with Crippen LogP contribution < -0.4 is 5.32 Å². The van der Waals surface area contributed by atoms with Crippen LogP contribution in [0.5, 0.6) is 0 Å². The largest absolute Gasteiger partial charge is 0.318 e. The summed E-state index contributed by atoms with van der Waals surface area (Å²) in [5.41, 5.74) is 0.312. The van der Waals surface area contributed by atoms with Crippen molar-refractivity contribution < 1.29 is 0 Å². The molecule has 0 spiro atoms. The molecule has 0 aromatic rings. The lowest BCUT2D eigenvalue weighted by Gasteiger charge is -2.28. The maximum atomic E-state index is 3.72. The molecule has 0 amide bonds. The highest BCUT2D eigenvalue weighted by atomic mass is 127. The molecule has 1 saturated heterocycles. The van der Waals surface area contributed by atoms with Gasteiger partial charge in [0.1, 0.15) is 7.28 Å². The van der Waals surface area contributed by atoms with Crippen molar-refractivity contribution in [2.45, 2.75) is 57.7 Å². The van der Waals surface area contributed by atoms with Crippen molar-refractivity contribution in [2.24, 2.45) is 5.92 Å². The number of halogens is 1. The van der Waals surface area contributed by atoms with Crippen LogP contribution in [0.25, 0.3) is 0 Å². The Balaban J connectivity index is 2.52. The summed E-state index contributed by atoms with van der Waals surface area (Å²) in [5, 5.41) is 4.14. The van der Waals surface area contributed by atoms with Crippen molar-refractivity contribution in [3.63, 3.8) is 0 Å². The zero-order valence-corrected chi connectivity index (χ0v) is 12.7. The van der Waals surface area contributed by atoms with E-state index in [9.17, 15) is 0 Å². The lowest BCUT2D eigenvalue weighted by atomic mass is 9.44. The minimum absolute atomic E-state index is 0.312. The monoisotopic (exact) mass is 320 g/mol. The first-order chi connectivity index (χ1) is 6.95. The lowest BCUT2D eigenvalue weighted by molar-refractivity contribution is 0.450. The first-order valence-corrected chi connectivity index (χ1v) is 7.66. The predicted molar refractivity (Wildman–Crippen MR) is 78.1 cm³/mol. The van der Waals surface area contributed by atoms with Crippen molar-refractivity contribution in [3.05, 3.63) is 0 Å². The Morgan fingerprint density at radius 3 is 2.53 bits per heavy atom. The molecule has 1 heterocycles. The summed E-state index contributed by atoms with van der Waals surface area (Å²) in [6, 6.07) is 0. The van der Waals surface area contributed by atoms with Gasteiger partial charge >= 0.3 is 0 Å². The first-order valence-electron chi connectivity index (χ1n) is 6.13. The van der Waals surface area contributed by atoms with Crippen molar-refractivity contribution in [2.75, 3.05) is 11.0 Å². The normalized spacial score (nSPS) is 35.9. The van der Waals surface area contributed by atoms with Gasteiger partial charge in [-0.15, -0.1) is 0 Å². The summed E-state index contributed by atoms with van der Waals surface area (Å²) in [5.74, 6) is 0.825. The van der Waals surface area contributed by atoms with Gasteiger partial charge in [0.2, 0.25) is 0 Å². The topological polar surface area (TPSA) is 12.0 Å². The van der Waals surface area contributed by atoms with Gasteiger partial charge in [0.25, 0.3) is 0 Å². The van der Waals surface area contributed by atoms with Gasteiger partial charge in [-0.1, -0.05) is 63.1 Å². The van der Waals surface area contributed by atoms with Crippen molar-refractivity contribution in [1.82, 2.24) is 5.32 Å². The minimum atomic E-state index is 0.312. The van der Waals surface area contributed by atoms with Gasteiger partial charge in [-0.25, -0.2) is 0 Å². The van der Waals surface area contributed by atoms with E-state index >= 15 is 0 Å². The van der Waals surface area contributed by atoms with Crippen LogP contribution in [0.3, 0.4) is 0 Å². The van der Waals surface area contributed by atoms with Crippen molar-refractivity contribution in [3.8, 4) is 0 Å². The van der Waals surface area contributed by atoms with Crippen LogP contribution in [-0.2, 0) is 0 Å². The maximum absolute atomic E-state index is 3.72. The molecule has 2 unspecified atom stereocenters. The minimum Gasteiger partial charge on any atom is -0.318 e. The highest BCUT2D eigenvalue weighted by Crippen LogP contribution is 2.40. The van der Waals surface area contributed by atoms with E-state index in [0.29, 0.717) is 10.8 Å². The molecule has 3 heteroatoms. The summed E-state index contributed by atoms with van der Waals surface area (Å²) in [7, 11) is 2.59. The molecular formula is C12H24BIN. The van der Waals surface area contributed by atoms with Gasteiger partial charge in [-0.2, -0.15) is 0 Å². The fourth-order valence-corrected chi connectivity index (χ4v) is 3.36. The summed E-state index contributed by atoms with van der Waals surface area (Å²) in [6.45, 7) is 10.5. The second kappa shape index (κ2) is 5.39. The molecule has 0 aliphatic carbocycles. The van der Waals surface area contributed by atoms with Crippen LogP contribution >= 0.6 is 22.6 Å². The van der Waals surface area contributed by atoms with E-state index in [-0.39, 0.29) is 0 Å². The SMILES string of the molecule is CCC1(CI)[B]C(C)(CCC(C)C)CN1. The average Bonchev–Trinajstić information content (AvgIpc) is 2.55. The predicted octanol–water partition coefficient (Wildman–Crippen LogP) is 3.45. The molecule has 2 atom stereocenters. The Morgan fingerprint density at radius 2 is 2.13 bits per heavy atom. The van der Waals surface area contributed by atoms with Crippen LogP contribution in [0, 0.1) is 5.92 Å². The fourth-order valence-electron chi connectivity index (χ4n) is 2.33. The molecule has 1 radical (unpaired) electrons. The van der Waals surface area contributed by atoms with Crippen LogP contribution in [0.4, 0.5) is 0 Å². The van der Waals surface area contributed by atoms with Gasteiger partial charge in [-0.3, -0.25) is 0 Å². The highest BCUT2D eigenvalue weighted by Gasteiger charge is 2.44. The molecule has 1 aliphatic rings. The van der Waals surface area contributed by atoms with Crippen LogP contribution in [0.2, 0.25) is 5.31 Å². The van der Waals surface area contributed by atoms with E-state index in [4.69, 9.17) is 0 Å². The summed E-state index contributed by atoms with van der Waals surface area (Å²) < 4.78 is 1.19. The molecule has 1 N–H and O–H groups in total. The molecule has 87 valence electrons. The van der Waals surface area contributed by atoms with Crippen LogP contribution in [0.1, 0.15) is 47.0 Å². The second-order valence-electron chi connectivity index (χ2n) is 5.73. The summed E-state index contributed by atoms with van der Waals surface area (Å²) in [6.07, 6.45) is 3.89. The first kappa shape index (κ1) is 13.8. The summed E-state index contributed by atoms with van der Waals surface area (Å²) in [4.78, 5) is 0. The van der Waals surface area contributed by atoms with Crippen LogP contribution in [0.15, 0.2) is 0 Å². The van der Waals surface area contributed by atoms with Crippen molar-refractivity contribution in [1.29, 1.82) is 0 Å². The molecule has 15 heavy (non-hydrogen) atoms. The smallest absolute Gasteiger partial charge is 0.147 e. The molecular weight excluding hydrogens is 296 g/mol. The standard InChI is InChI=1S/C12H24BIN/c1-5-12(8-14)13-11(4,9-15-12)7-6-10(2)3/h10,15H,5-9H2,1-4H3. The van der Waals surface area contributed by atoms with Gasteiger partial charge in [0.05, 0.1) is 0 Å².